The third-order valence-corrected chi connectivity index (χ3v) is 5.10. The molecule has 3 rings (SSSR count). The lowest BCUT2D eigenvalue weighted by atomic mass is 9.97. The minimum Gasteiger partial charge on any atom is -0.379 e. The fraction of sp³-hybridized carbons (Fsp3) is 0.778. The molecule has 2 fully saturated rings. The number of likely N-dealkylation sites (tertiary alicyclic amines) is 1. The molecule has 1 unspecified atom stereocenters. The second kappa shape index (κ2) is 9.77. The molecule has 3 heterocycles. The Kier molecular flexibility index (Phi) is 7.11. The number of unbranched alkanes of at least 4 members (excludes halogenated alkanes) is 1. The molecule has 2 saturated heterocycles. The molecule has 25 heavy (non-hydrogen) atoms. The van der Waals surface area contributed by atoms with Gasteiger partial charge in [-0.3, -0.25) is 4.90 Å². The van der Waals surface area contributed by atoms with Gasteiger partial charge in [0.1, 0.15) is 0 Å². The molecular weight excluding hydrogens is 318 g/mol. The first kappa shape index (κ1) is 18.2. The van der Waals surface area contributed by atoms with Crippen molar-refractivity contribution >= 4 is 6.03 Å². The second-order valence-corrected chi connectivity index (χ2v) is 7.11. The molecule has 2 aliphatic rings. The molecule has 1 N–H and O–H groups in total. The van der Waals surface area contributed by atoms with Crippen molar-refractivity contribution in [3.05, 3.63) is 18.7 Å². The van der Waals surface area contributed by atoms with Crippen LogP contribution >= 0.6 is 0 Å². The van der Waals surface area contributed by atoms with Crippen LogP contribution in [0.2, 0.25) is 0 Å². The highest BCUT2D eigenvalue weighted by molar-refractivity contribution is 5.74. The topological polar surface area (TPSA) is 62.6 Å². The molecule has 0 spiro atoms. The zero-order valence-electron chi connectivity index (χ0n) is 15.1. The Hall–Kier alpha value is -1.60. The van der Waals surface area contributed by atoms with Gasteiger partial charge in [-0.05, 0) is 31.6 Å². The van der Waals surface area contributed by atoms with Gasteiger partial charge in [-0.25, -0.2) is 9.78 Å². The first-order chi connectivity index (χ1) is 12.3. The molecule has 2 aliphatic heterocycles. The van der Waals surface area contributed by atoms with Crippen molar-refractivity contribution in [3.8, 4) is 0 Å². The number of amides is 2. The number of aromatic nitrogens is 2. The van der Waals surface area contributed by atoms with E-state index in [2.05, 4.69) is 19.8 Å². The Morgan fingerprint density at radius 2 is 2.12 bits per heavy atom. The van der Waals surface area contributed by atoms with Gasteiger partial charge < -0.3 is 19.5 Å². The van der Waals surface area contributed by atoms with Gasteiger partial charge in [0.25, 0.3) is 0 Å². The van der Waals surface area contributed by atoms with Crippen LogP contribution in [0.1, 0.15) is 25.7 Å². The second-order valence-electron chi connectivity index (χ2n) is 7.11. The van der Waals surface area contributed by atoms with Gasteiger partial charge in [0.05, 0.1) is 19.5 Å². The fourth-order valence-corrected chi connectivity index (χ4v) is 3.69. The number of hydrogen-bond donors (Lipinski definition) is 1. The van der Waals surface area contributed by atoms with Crippen LogP contribution in [-0.4, -0.2) is 77.9 Å². The summed E-state index contributed by atoms with van der Waals surface area (Å²) < 4.78 is 7.49. The Bertz CT molecular complexity index is 502. The van der Waals surface area contributed by atoms with Crippen LogP contribution in [0.3, 0.4) is 0 Å². The van der Waals surface area contributed by atoms with Crippen molar-refractivity contribution in [2.75, 3.05) is 52.5 Å². The molecule has 0 aromatic carbocycles. The molecule has 1 aromatic heterocycles. The summed E-state index contributed by atoms with van der Waals surface area (Å²) in [5, 5.41) is 3.09. The van der Waals surface area contributed by atoms with E-state index >= 15 is 0 Å². The first-order valence-electron chi connectivity index (χ1n) is 9.60. The Balaban J connectivity index is 1.30. The third kappa shape index (κ3) is 6.01. The zero-order chi connectivity index (χ0) is 17.3. The van der Waals surface area contributed by atoms with Gasteiger partial charge in [-0.2, -0.15) is 0 Å². The summed E-state index contributed by atoms with van der Waals surface area (Å²) in [6.45, 7) is 8.32. The zero-order valence-corrected chi connectivity index (χ0v) is 15.1. The normalized spacial score (nSPS) is 22.1. The van der Waals surface area contributed by atoms with E-state index in [0.717, 1.165) is 78.3 Å². The van der Waals surface area contributed by atoms with Crippen LogP contribution in [0.15, 0.2) is 18.7 Å². The van der Waals surface area contributed by atoms with E-state index < -0.39 is 0 Å². The van der Waals surface area contributed by atoms with Crippen LogP contribution in [0, 0.1) is 5.92 Å². The lowest BCUT2D eigenvalue weighted by Gasteiger charge is -2.36. The van der Waals surface area contributed by atoms with Crippen molar-refractivity contribution in [2.24, 2.45) is 5.92 Å². The number of ether oxygens (including phenoxy) is 1. The van der Waals surface area contributed by atoms with Gasteiger partial charge in [0.15, 0.2) is 0 Å². The third-order valence-electron chi connectivity index (χ3n) is 5.10. The lowest BCUT2D eigenvalue weighted by molar-refractivity contribution is 0.0249. The van der Waals surface area contributed by atoms with Crippen molar-refractivity contribution in [1.29, 1.82) is 0 Å². The number of carbonyl (C=O) groups is 1. The van der Waals surface area contributed by atoms with Crippen LogP contribution < -0.4 is 5.32 Å². The van der Waals surface area contributed by atoms with E-state index in [1.807, 2.05) is 17.4 Å². The quantitative estimate of drug-likeness (QED) is 0.756. The summed E-state index contributed by atoms with van der Waals surface area (Å²) in [5.74, 6) is 0.596. The van der Waals surface area contributed by atoms with E-state index in [0.29, 0.717) is 5.92 Å². The average Bonchev–Trinajstić information content (AvgIpc) is 3.16. The number of urea groups is 1. The van der Waals surface area contributed by atoms with Crippen LogP contribution in [0.4, 0.5) is 4.79 Å². The first-order valence-corrected chi connectivity index (χ1v) is 9.60. The lowest BCUT2D eigenvalue weighted by Crippen LogP contribution is -2.49. The largest absolute Gasteiger partial charge is 0.379 e. The molecule has 140 valence electrons. The Morgan fingerprint density at radius 3 is 2.92 bits per heavy atom. The highest BCUT2D eigenvalue weighted by atomic mass is 16.5. The molecule has 2 amide bonds. The van der Waals surface area contributed by atoms with Gasteiger partial charge in [0.2, 0.25) is 0 Å². The predicted octanol–water partition coefficient (Wildman–Crippen LogP) is 1.42. The number of aryl methyl sites for hydroxylation is 1. The fourth-order valence-electron chi connectivity index (χ4n) is 3.69. The summed E-state index contributed by atoms with van der Waals surface area (Å²) in [6.07, 6.45) is 9.99. The van der Waals surface area contributed by atoms with Crippen LogP contribution in [0.5, 0.6) is 0 Å². The molecule has 1 aromatic rings. The van der Waals surface area contributed by atoms with Gasteiger partial charge in [0, 0.05) is 58.2 Å². The summed E-state index contributed by atoms with van der Waals surface area (Å²) in [7, 11) is 0. The standard InChI is InChI=1S/C18H31N5O2/c24-18(20-5-1-2-7-22-9-6-19-16-22)23-8-3-4-17(15-23)14-21-10-12-25-13-11-21/h6,9,16-17H,1-5,7-8,10-15H2,(H,20,24). The molecular formula is C18H31N5O2. The number of nitrogens with one attached hydrogen (secondary N) is 1. The van der Waals surface area contributed by atoms with E-state index in [1.54, 1.807) is 6.20 Å². The average molecular weight is 349 g/mol. The molecule has 7 heteroatoms. The molecule has 0 radical (unpaired) electrons. The highest BCUT2D eigenvalue weighted by Crippen LogP contribution is 2.18. The van der Waals surface area contributed by atoms with Crippen molar-refractivity contribution in [2.45, 2.75) is 32.2 Å². The SMILES string of the molecule is O=C(NCCCCn1ccnc1)N1CCCC(CN2CCOCC2)C1. The molecule has 0 bridgehead atoms. The Labute approximate surface area is 150 Å². The summed E-state index contributed by atoms with van der Waals surface area (Å²) >= 11 is 0. The van der Waals surface area contributed by atoms with Crippen molar-refractivity contribution in [3.63, 3.8) is 0 Å². The van der Waals surface area contributed by atoms with E-state index in [9.17, 15) is 4.79 Å². The number of morpholine rings is 1. The molecule has 0 aliphatic carbocycles. The highest BCUT2D eigenvalue weighted by Gasteiger charge is 2.25. The van der Waals surface area contributed by atoms with Gasteiger partial charge in [-0.15, -0.1) is 0 Å². The summed E-state index contributed by atoms with van der Waals surface area (Å²) in [4.78, 5) is 20.9. The van der Waals surface area contributed by atoms with Crippen molar-refractivity contribution in [1.82, 2.24) is 24.7 Å². The number of imidazole rings is 1. The number of carbonyl (C=O) groups excluding carboxylic acids is 1. The smallest absolute Gasteiger partial charge is 0.317 e. The van der Waals surface area contributed by atoms with E-state index in [1.165, 1.54) is 6.42 Å². The Morgan fingerprint density at radius 1 is 1.24 bits per heavy atom. The monoisotopic (exact) mass is 349 g/mol. The van der Waals surface area contributed by atoms with Crippen molar-refractivity contribution < 1.29 is 9.53 Å². The van der Waals surface area contributed by atoms with Gasteiger partial charge >= 0.3 is 6.03 Å². The van der Waals surface area contributed by atoms with Crippen LogP contribution in [-0.2, 0) is 11.3 Å². The number of nitrogens with zero attached hydrogens (tertiary/aromatic N) is 4. The number of hydrogen-bond acceptors (Lipinski definition) is 4. The maximum Gasteiger partial charge on any atom is 0.317 e. The molecule has 0 saturated carbocycles. The van der Waals surface area contributed by atoms with Gasteiger partial charge in [-0.1, -0.05) is 0 Å². The number of rotatable bonds is 7. The summed E-state index contributed by atoms with van der Waals surface area (Å²) in [5.41, 5.74) is 0. The van der Waals surface area contributed by atoms with Crippen LogP contribution in [0.25, 0.3) is 0 Å². The predicted molar refractivity (Wildman–Crippen MR) is 96.4 cm³/mol. The number of piperidine rings is 1. The molecule has 1 atom stereocenters. The van der Waals surface area contributed by atoms with E-state index in [4.69, 9.17) is 4.74 Å². The minimum atomic E-state index is 0.106. The maximum atomic E-state index is 12.4. The molecule has 7 nitrogen and oxygen atoms in total. The minimum absolute atomic E-state index is 0.106. The summed E-state index contributed by atoms with van der Waals surface area (Å²) in [6, 6.07) is 0.106. The maximum absolute atomic E-state index is 12.4. The van der Waals surface area contributed by atoms with E-state index in [-0.39, 0.29) is 6.03 Å².